The van der Waals surface area contributed by atoms with Crippen LogP contribution in [-0.2, 0) is 0 Å². The van der Waals surface area contributed by atoms with Crippen LogP contribution in [0.2, 0.25) is 0 Å². The lowest BCUT2D eigenvalue weighted by Crippen LogP contribution is -1.87. The van der Waals surface area contributed by atoms with Crippen molar-refractivity contribution in [3.05, 3.63) is 24.4 Å². The molecule has 2 heterocycles. The van der Waals surface area contributed by atoms with Crippen LogP contribution < -0.4 is 5.73 Å². The van der Waals surface area contributed by atoms with Gasteiger partial charge in [0, 0.05) is 6.20 Å². The quantitative estimate of drug-likeness (QED) is 0.565. The van der Waals surface area contributed by atoms with Crippen LogP contribution in [-0.4, -0.2) is 14.6 Å². The van der Waals surface area contributed by atoms with E-state index in [4.69, 9.17) is 7.10 Å². The molecule has 50 valence electrons. The molecule has 0 aliphatic carbocycles. The number of pyridine rings is 1. The van der Waals surface area contributed by atoms with Gasteiger partial charge < -0.3 is 5.73 Å². The fourth-order valence-corrected chi connectivity index (χ4v) is 0.797. The van der Waals surface area contributed by atoms with Gasteiger partial charge in [-0.2, -0.15) is 4.98 Å². The normalized spacial score (nSPS) is 11.8. The van der Waals surface area contributed by atoms with Crippen molar-refractivity contribution < 1.29 is 1.37 Å². The number of anilines is 1. The van der Waals surface area contributed by atoms with E-state index in [9.17, 15) is 0 Å². The van der Waals surface area contributed by atoms with E-state index in [1.807, 2.05) is 0 Å². The molecule has 4 heteroatoms. The van der Waals surface area contributed by atoms with E-state index in [0.29, 0.717) is 11.7 Å². The van der Waals surface area contributed by atoms with Crippen LogP contribution in [0.15, 0.2) is 24.4 Å². The molecule has 0 amide bonds. The molecule has 0 spiro atoms. The first kappa shape index (κ1) is 4.27. The number of fused-ring (bicyclic) bond motifs is 1. The van der Waals surface area contributed by atoms with Crippen molar-refractivity contribution in [2.24, 2.45) is 0 Å². The molecule has 0 saturated heterocycles. The summed E-state index contributed by atoms with van der Waals surface area (Å²) in [6.07, 6.45) is 1.65. The van der Waals surface area contributed by atoms with Crippen LogP contribution in [0.4, 0.5) is 5.95 Å². The maximum atomic E-state index is 7.26. The summed E-state index contributed by atoms with van der Waals surface area (Å²) in [5.41, 5.74) is 5.94. The lowest BCUT2D eigenvalue weighted by atomic mass is 10.5. The molecule has 2 aromatic rings. The van der Waals surface area contributed by atoms with Gasteiger partial charge in [-0.15, -0.1) is 5.10 Å². The highest BCUT2D eigenvalue weighted by Gasteiger charge is 1.94. The molecule has 0 saturated carbocycles. The topological polar surface area (TPSA) is 56.2 Å². The minimum atomic E-state index is 0.232. The van der Waals surface area contributed by atoms with Crippen LogP contribution in [0, 0.1) is 0 Å². The number of nitrogen functional groups attached to an aromatic ring is 1. The molecule has 0 fully saturated rings. The zero-order valence-electron chi connectivity index (χ0n) is 6.15. The molecule has 2 rings (SSSR count). The molecule has 10 heavy (non-hydrogen) atoms. The molecule has 0 aromatic carbocycles. The Hall–Kier alpha value is -1.58. The monoisotopic (exact) mass is 135 g/mol. The molecule has 0 radical (unpaired) electrons. The Morgan fingerprint density at radius 3 is 3.50 bits per heavy atom. The van der Waals surface area contributed by atoms with E-state index >= 15 is 0 Å². The maximum absolute atomic E-state index is 7.26. The first-order chi connectivity index (χ1) is 5.25. The van der Waals surface area contributed by atoms with Crippen molar-refractivity contribution >= 4 is 11.6 Å². The summed E-state index contributed by atoms with van der Waals surface area (Å²) in [5, 5.41) is 3.85. The van der Waals surface area contributed by atoms with E-state index in [2.05, 4.69) is 10.1 Å². The van der Waals surface area contributed by atoms with Crippen LogP contribution in [0.5, 0.6) is 0 Å². The lowest BCUT2D eigenvalue weighted by molar-refractivity contribution is 0.968. The third-order valence-corrected chi connectivity index (χ3v) is 1.20. The van der Waals surface area contributed by atoms with E-state index in [1.165, 1.54) is 4.52 Å². The molecule has 2 N–H and O–H groups in total. The van der Waals surface area contributed by atoms with E-state index in [0.717, 1.165) is 0 Å². The van der Waals surface area contributed by atoms with Gasteiger partial charge in [-0.05, 0) is 12.1 Å². The van der Waals surface area contributed by atoms with Gasteiger partial charge in [0.2, 0.25) is 5.95 Å². The van der Waals surface area contributed by atoms with Crippen molar-refractivity contribution in [2.75, 3.05) is 5.73 Å². The highest BCUT2D eigenvalue weighted by molar-refractivity contribution is 5.40. The number of nitrogens with two attached hydrogens (primary N) is 1. The minimum absolute atomic E-state index is 0.232. The van der Waals surface area contributed by atoms with Crippen LogP contribution in [0.3, 0.4) is 0 Å². The second-order valence-electron chi connectivity index (χ2n) is 1.90. The summed E-state index contributed by atoms with van der Waals surface area (Å²) < 4.78 is 8.80. The summed E-state index contributed by atoms with van der Waals surface area (Å²) in [7, 11) is 0. The zero-order valence-corrected chi connectivity index (χ0v) is 5.15. The highest BCUT2D eigenvalue weighted by atomic mass is 15.3. The predicted molar refractivity (Wildman–Crippen MR) is 37.4 cm³/mol. The number of nitrogens with zero attached hydrogens (tertiary/aromatic N) is 3. The van der Waals surface area contributed by atoms with Gasteiger partial charge in [0.1, 0.15) is 0 Å². The summed E-state index contributed by atoms with van der Waals surface area (Å²) in [6.45, 7) is 0. The summed E-state index contributed by atoms with van der Waals surface area (Å²) in [5.74, 6) is 0.232. The summed E-state index contributed by atoms with van der Waals surface area (Å²) in [4.78, 5) is 3.88. The lowest BCUT2D eigenvalue weighted by Gasteiger charge is -1.84. The summed E-state index contributed by atoms with van der Waals surface area (Å²) >= 11 is 0. The Morgan fingerprint density at radius 2 is 2.60 bits per heavy atom. The highest BCUT2D eigenvalue weighted by Crippen LogP contribution is 1.99. The first-order valence-corrected chi connectivity index (χ1v) is 2.84. The van der Waals surface area contributed by atoms with Gasteiger partial charge in [-0.1, -0.05) is 6.04 Å². The van der Waals surface area contributed by atoms with Gasteiger partial charge in [0.05, 0.1) is 1.37 Å². The van der Waals surface area contributed by atoms with Gasteiger partial charge in [0.25, 0.3) is 0 Å². The van der Waals surface area contributed by atoms with Crippen molar-refractivity contribution in [2.45, 2.75) is 0 Å². The van der Waals surface area contributed by atoms with Gasteiger partial charge in [-0.3, -0.25) is 0 Å². The Bertz CT molecular complexity index is 394. The molecule has 0 aliphatic heterocycles. The fraction of sp³-hybridized carbons (Fsp3) is 0. The minimum Gasteiger partial charge on any atom is -0.366 e. The van der Waals surface area contributed by atoms with Gasteiger partial charge in [-0.25, -0.2) is 4.52 Å². The zero-order chi connectivity index (χ0) is 7.84. The van der Waals surface area contributed by atoms with Crippen molar-refractivity contribution in [1.29, 1.82) is 0 Å². The number of hydrogen-bond acceptors (Lipinski definition) is 3. The predicted octanol–water partition coefficient (Wildman–Crippen LogP) is 0.311. The standard InChI is InChI=1S/C6H6N4/c7-6-8-5-3-1-2-4-10(5)9-6/h1-4H,(H2,7,9)/i1D. The Kier molecular flexibility index (Phi) is 0.725. The SMILES string of the molecule is [2H]c1ccn2nc(N)nc2c1. The molecule has 0 unspecified atom stereocenters. The molecule has 4 nitrogen and oxygen atoms in total. The Labute approximate surface area is 58.7 Å². The second kappa shape index (κ2) is 1.70. The number of rotatable bonds is 0. The smallest absolute Gasteiger partial charge is 0.240 e. The average Bonchev–Trinajstić information content (AvgIpc) is 2.27. The Morgan fingerprint density at radius 1 is 1.70 bits per heavy atom. The van der Waals surface area contributed by atoms with E-state index in [-0.39, 0.29) is 5.95 Å². The van der Waals surface area contributed by atoms with Crippen LogP contribution >= 0.6 is 0 Å². The number of hydrogen-bond donors (Lipinski definition) is 1. The Balaban J connectivity index is 2.82. The van der Waals surface area contributed by atoms with Crippen molar-refractivity contribution in [3.63, 3.8) is 0 Å². The van der Waals surface area contributed by atoms with Gasteiger partial charge >= 0.3 is 0 Å². The first-order valence-electron chi connectivity index (χ1n) is 3.34. The molecule has 0 aliphatic rings. The van der Waals surface area contributed by atoms with E-state index < -0.39 is 0 Å². The fourth-order valence-electron chi connectivity index (χ4n) is 0.797. The maximum Gasteiger partial charge on any atom is 0.240 e. The molecule has 2 aromatic heterocycles. The van der Waals surface area contributed by atoms with E-state index in [1.54, 1.807) is 18.3 Å². The van der Waals surface area contributed by atoms with Gasteiger partial charge in [0.15, 0.2) is 5.65 Å². The van der Waals surface area contributed by atoms with Crippen molar-refractivity contribution in [1.82, 2.24) is 14.6 Å². The molecule has 0 atom stereocenters. The summed E-state index contributed by atoms with van der Waals surface area (Å²) in [6, 6.07) is 3.63. The largest absolute Gasteiger partial charge is 0.366 e. The third-order valence-electron chi connectivity index (χ3n) is 1.20. The third kappa shape index (κ3) is 0.621. The molecular formula is C6H6N4. The van der Waals surface area contributed by atoms with Crippen LogP contribution in [0.25, 0.3) is 5.65 Å². The second-order valence-corrected chi connectivity index (χ2v) is 1.90. The van der Waals surface area contributed by atoms with Crippen molar-refractivity contribution in [3.8, 4) is 0 Å². The molecular weight excluding hydrogens is 128 g/mol. The number of aromatic nitrogens is 3. The average molecular weight is 135 g/mol. The molecule has 0 bridgehead atoms. The van der Waals surface area contributed by atoms with Crippen LogP contribution in [0.1, 0.15) is 1.37 Å².